The monoisotopic (exact) mass is 860 g/mol. The van der Waals surface area contributed by atoms with E-state index in [1.165, 1.54) is 57.0 Å². The van der Waals surface area contributed by atoms with Gasteiger partial charge in [0.25, 0.3) is 0 Å². The molecule has 1 fully saturated rings. The van der Waals surface area contributed by atoms with Gasteiger partial charge in [-0.3, -0.25) is 0 Å². The number of aliphatic hydroxyl groups is 2. The molecule has 3 N–H and O–H groups in total. The third kappa shape index (κ3) is 12.8. The predicted molar refractivity (Wildman–Crippen MR) is 242 cm³/mol. The lowest BCUT2D eigenvalue weighted by molar-refractivity contribution is -0.253. The number of methoxy groups -OCH3 is 1. The van der Waals surface area contributed by atoms with Gasteiger partial charge < -0.3 is 44.2 Å². The Bertz CT molecular complexity index is 1750. The molecule has 1 aliphatic heterocycles. The van der Waals surface area contributed by atoms with Crippen LogP contribution in [0.3, 0.4) is 0 Å². The van der Waals surface area contributed by atoms with Gasteiger partial charge in [-0.2, -0.15) is 0 Å². The van der Waals surface area contributed by atoms with Gasteiger partial charge in [-0.1, -0.05) is 125 Å². The van der Waals surface area contributed by atoms with Crippen molar-refractivity contribution in [3.05, 3.63) is 84.0 Å². The molecule has 3 aliphatic rings. The average Bonchev–Trinajstić information content (AvgIpc) is 3.28. The first kappa shape index (κ1) is 48.6. The van der Waals surface area contributed by atoms with E-state index in [0.29, 0.717) is 36.6 Å². The van der Waals surface area contributed by atoms with Gasteiger partial charge in [-0.25, -0.2) is 9.59 Å². The molecule has 6 atom stereocenters. The van der Waals surface area contributed by atoms with Crippen LogP contribution in [0.25, 0.3) is 0 Å². The van der Waals surface area contributed by atoms with Crippen molar-refractivity contribution in [3.63, 3.8) is 0 Å². The number of likely N-dealkylation sites (N-methyl/N-ethyl adjacent to an activating group) is 1. The minimum absolute atomic E-state index is 0.0254. The van der Waals surface area contributed by atoms with E-state index < -0.39 is 29.9 Å². The second-order valence-electron chi connectivity index (χ2n) is 17.1. The van der Waals surface area contributed by atoms with Gasteiger partial charge in [-0.15, -0.1) is 6.58 Å². The summed E-state index contributed by atoms with van der Waals surface area (Å²) in [6.45, 7) is 7.33. The quantitative estimate of drug-likeness (QED) is 0.0454. The number of nitrogens with zero attached hydrogens (tertiary/aromatic N) is 2. The number of oxime groups is 1. The number of allylic oxidation sites excluding steroid dienone is 1. The summed E-state index contributed by atoms with van der Waals surface area (Å²) in [5.41, 5.74) is 3.43. The molecule has 12 heteroatoms. The molecule has 2 aromatic rings. The largest absolute Gasteiger partial charge is 0.459 e. The number of benzene rings is 2. The Kier molecular flexibility index (Phi) is 20.1. The maximum atomic E-state index is 13.5. The van der Waals surface area contributed by atoms with Crippen molar-refractivity contribution in [2.45, 2.75) is 140 Å². The van der Waals surface area contributed by atoms with Crippen molar-refractivity contribution >= 4 is 17.9 Å². The second-order valence-corrected chi connectivity index (χ2v) is 17.1. The van der Waals surface area contributed by atoms with Crippen LogP contribution in [-0.2, 0) is 20.9 Å². The SMILES string of the molecule is C=CCO[C@@]12Oc3ccc(OC(=O)NCCCCCCCCCCCC)cc3[C@H]3[C@H](CCCCO)[C@@H](CCCCO)C=C(C(=NOCc4ccccc4)C[C@@H]1N(C)C(=O)OC)[C@H]32. The Morgan fingerprint density at radius 3 is 2.31 bits per heavy atom. The van der Waals surface area contributed by atoms with E-state index in [-0.39, 0.29) is 50.6 Å². The predicted octanol–water partition coefficient (Wildman–Crippen LogP) is 10.2. The third-order valence-electron chi connectivity index (χ3n) is 12.8. The number of carbonyl (C=O) groups is 2. The van der Waals surface area contributed by atoms with Crippen molar-refractivity contribution in [1.29, 1.82) is 0 Å². The number of ether oxygens (including phenoxy) is 4. The molecule has 2 amide bonds. The summed E-state index contributed by atoms with van der Waals surface area (Å²) in [5, 5.41) is 27.5. The third-order valence-corrected chi connectivity index (χ3v) is 12.8. The first-order valence-electron chi connectivity index (χ1n) is 23.3. The minimum atomic E-state index is -1.40. The van der Waals surface area contributed by atoms with Crippen LogP contribution >= 0.6 is 0 Å². The Morgan fingerprint density at radius 2 is 1.63 bits per heavy atom. The summed E-state index contributed by atoms with van der Waals surface area (Å²) < 4.78 is 25.3. The molecule has 0 unspecified atom stereocenters. The topological polar surface area (TPSA) is 148 Å². The Balaban J connectivity index is 1.50. The highest BCUT2D eigenvalue weighted by atomic mass is 16.7. The van der Waals surface area contributed by atoms with E-state index in [4.69, 9.17) is 28.9 Å². The van der Waals surface area contributed by atoms with Crippen LogP contribution in [0.4, 0.5) is 9.59 Å². The van der Waals surface area contributed by atoms with Gasteiger partial charge in [-0.05, 0) is 73.3 Å². The maximum Gasteiger partial charge on any atom is 0.412 e. The molecule has 342 valence electrons. The first-order valence-corrected chi connectivity index (χ1v) is 23.3. The zero-order chi connectivity index (χ0) is 44.2. The summed E-state index contributed by atoms with van der Waals surface area (Å²) in [7, 11) is 3.04. The maximum absolute atomic E-state index is 13.5. The number of nitrogens with one attached hydrogen (secondary N) is 1. The lowest BCUT2D eigenvalue weighted by atomic mass is 9.55. The molecule has 2 aromatic carbocycles. The van der Waals surface area contributed by atoms with E-state index in [2.05, 4.69) is 24.9 Å². The molecule has 0 bridgehead atoms. The smallest absolute Gasteiger partial charge is 0.412 e. The number of unbranched alkanes of at least 4 members (excludes halogenated alkanes) is 11. The van der Waals surface area contributed by atoms with Crippen LogP contribution in [0.5, 0.6) is 11.5 Å². The number of hydrogen-bond donors (Lipinski definition) is 3. The van der Waals surface area contributed by atoms with E-state index in [1.54, 1.807) is 19.2 Å². The molecule has 0 spiro atoms. The molecule has 62 heavy (non-hydrogen) atoms. The highest BCUT2D eigenvalue weighted by Crippen LogP contribution is 2.61. The molecular weight excluding hydrogens is 787 g/mol. The van der Waals surface area contributed by atoms with Crippen LogP contribution < -0.4 is 14.8 Å². The number of carbonyl (C=O) groups excluding carboxylic acids is 2. The minimum Gasteiger partial charge on any atom is -0.459 e. The normalized spacial score (nSPS) is 23.0. The number of fused-ring (bicyclic) bond motifs is 2. The van der Waals surface area contributed by atoms with Crippen LogP contribution in [0.2, 0.25) is 0 Å². The molecule has 1 saturated carbocycles. The molecule has 0 radical (unpaired) electrons. The molecule has 0 saturated heterocycles. The molecule has 1 heterocycles. The van der Waals surface area contributed by atoms with E-state index >= 15 is 0 Å². The zero-order valence-electron chi connectivity index (χ0n) is 37.6. The fourth-order valence-corrected chi connectivity index (χ4v) is 9.77. The van der Waals surface area contributed by atoms with Gasteiger partial charge in [0.15, 0.2) is 0 Å². The standard InChI is InChI=1S/C50H73N3O9/c1-5-7-8-9-10-11-12-13-14-20-29-51-48(56)61-39-27-28-44-42(34-39)46-40(26-19-22-31-55)38(25-18-21-30-54)33-41-43(52-60-36-37-23-16-15-17-24-37)35-45(53(3)49(57)58-4)50(62-44,47(41)46)59-32-6-2/h6,15-17,23-24,27-28,33-34,38,40,45-47,54-55H,2,5,7-14,18-22,25-26,29-32,35-36H2,1,3-4H3,(H,51,56)/t38-,40+,45-,46+,47+,50+/m0/s1. The molecular formula is C50H73N3O9. The van der Waals surface area contributed by atoms with E-state index in [0.717, 1.165) is 61.6 Å². The Hall–Kier alpha value is -4.39. The highest BCUT2D eigenvalue weighted by molar-refractivity contribution is 6.03. The van der Waals surface area contributed by atoms with Crippen LogP contribution in [0.15, 0.2) is 78.0 Å². The van der Waals surface area contributed by atoms with Crippen LogP contribution in [0.1, 0.15) is 133 Å². The van der Waals surface area contributed by atoms with Crippen molar-refractivity contribution < 1.29 is 43.6 Å². The lowest BCUT2D eigenvalue weighted by Crippen LogP contribution is -2.69. The summed E-state index contributed by atoms with van der Waals surface area (Å²) in [5.74, 6) is -1.10. The zero-order valence-corrected chi connectivity index (χ0v) is 37.6. The molecule has 5 rings (SSSR count). The number of hydrogen-bond acceptors (Lipinski definition) is 10. The molecule has 12 nitrogen and oxygen atoms in total. The number of amides is 2. The fraction of sp³-hybridized carbons (Fsp3) is 0.620. The van der Waals surface area contributed by atoms with Gasteiger partial charge in [0.1, 0.15) is 24.1 Å². The summed E-state index contributed by atoms with van der Waals surface area (Å²) in [6, 6.07) is 14.6. The highest BCUT2D eigenvalue weighted by Gasteiger charge is 2.65. The Labute approximate surface area is 370 Å². The fourth-order valence-electron chi connectivity index (χ4n) is 9.77. The Morgan fingerprint density at radius 1 is 0.935 bits per heavy atom. The van der Waals surface area contributed by atoms with E-state index in [1.807, 2.05) is 42.5 Å². The van der Waals surface area contributed by atoms with Crippen LogP contribution in [0, 0.1) is 17.8 Å². The van der Waals surface area contributed by atoms with Gasteiger partial charge in [0.2, 0.25) is 5.79 Å². The van der Waals surface area contributed by atoms with Gasteiger partial charge in [0, 0.05) is 44.7 Å². The van der Waals surface area contributed by atoms with Gasteiger partial charge in [0.05, 0.1) is 25.3 Å². The van der Waals surface area contributed by atoms with Crippen molar-refractivity contribution in [3.8, 4) is 11.5 Å². The van der Waals surface area contributed by atoms with Crippen molar-refractivity contribution in [2.24, 2.45) is 22.9 Å². The average molecular weight is 860 g/mol. The molecule has 0 aromatic heterocycles. The second kappa shape index (κ2) is 25.7. The summed E-state index contributed by atoms with van der Waals surface area (Å²) >= 11 is 0. The van der Waals surface area contributed by atoms with E-state index in [9.17, 15) is 19.8 Å². The number of rotatable bonds is 27. The van der Waals surface area contributed by atoms with Crippen molar-refractivity contribution in [2.75, 3.05) is 40.5 Å². The molecule has 2 aliphatic carbocycles. The van der Waals surface area contributed by atoms with Crippen LogP contribution in [-0.4, -0.2) is 85.4 Å². The van der Waals surface area contributed by atoms with Crippen molar-refractivity contribution in [1.82, 2.24) is 10.2 Å². The summed E-state index contributed by atoms with van der Waals surface area (Å²) in [4.78, 5) is 34.3. The summed E-state index contributed by atoms with van der Waals surface area (Å²) in [6.07, 6.45) is 19.8. The number of aliphatic hydroxyl groups excluding tert-OH is 2. The first-order chi connectivity index (χ1) is 30.3. The lowest BCUT2D eigenvalue weighted by Gasteiger charge is -2.59. The van der Waals surface area contributed by atoms with Gasteiger partial charge >= 0.3 is 12.2 Å².